The lowest BCUT2D eigenvalue weighted by molar-refractivity contribution is -0.384. The molecule has 0 saturated heterocycles. The van der Waals surface area contributed by atoms with E-state index in [0.29, 0.717) is 16.9 Å². The Labute approximate surface area is 142 Å². The molecule has 0 bridgehead atoms. The van der Waals surface area contributed by atoms with Crippen molar-refractivity contribution >= 4 is 27.4 Å². The van der Waals surface area contributed by atoms with Crippen LogP contribution < -0.4 is 10.1 Å². The van der Waals surface area contributed by atoms with Gasteiger partial charge in [0.05, 0.1) is 4.92 Å². The Hall–Kier alpha value is -2.22. The van der Waals surface area contributed by atoms with Crippen molar-refractivity contribution < 1.29 is 9.66 Å². The zero-order chi connectivity index (χ0) is 17.0. The lowest BCUT2D eigenvalue weighted by Gasteiger charge is -2.20. The summed E-state index contributed by atoms with van der Waals surface area (Å²) in [5, 5.41) is 14.0. The smallest absolute Gasteiger partial charge is 0.312 e. The van der Waals surface area contributed by atoms with Crippen LogP contribution in [0.3, 0.4) is 0 Å². The summed E-state index contributed by atoms with van der Waals surface area (Å²) >= 11 is 3.18. The van der Waals surface area contributed by atoms with Gasteiger partial charge >= 0.3 is 5.69 Å². The van der Waals surface area contributed by atoms with Crippen LogP contribution in [0.4, 0.5) is 11.5 Å². The van der Waals surface area contributed by atoms with Crippen LogP contribution in [0.2, 0.25) is 0 Å². The molecule has 0 aliphatic heterocycles. The van der Waals surface area contributed by atoms with Crippen LogP contribution in [0.1, 0.15) is 26.3 Å². The average molecular weight is 381 g/mol. The summed E-state index contributed by atoms with van der Waals surface area (Å²) in [6, 6.07) is 5.02. The summed E-state index contributed by atoms with van der Waals surface area (Å²) in [7, 11) is 0. The quantitative estimate of drug-likeness (QED) is 0.623. The van der Waals surface area contributed by atoms with Crippen LogP contribution >= 0.6 is 15.9 Å². The van der Waals surface area contributed by atoms with Crippen LogP contribution in [0.5, 0.6) is 5.88 Å². The number of hydrogen-bond donors (Lipinski definition) is 1. The van der Waals surface area contributed by atoms with E-state index >= 15 is 0 Å². The largest absolute Gasteiger partial charge is 0.472 e. The van der Waals surface area contributed by atoms with Gasteiger partial charge in [0.2, 0.25) is 11.7 Å². The van der Waals surface area contributed by atoms with Gasteiger partial charge in [-0.3, -0.25) is 10.1 Å². The van der Waals surface area contributed by atoms with Crippen LogP contribution in [0.15, 0.2) is 35.1 Å². The number of nitrogens with one attached hydrogen (secondary N) is 1. The summed E-state index contributed by atoms with van der Waals surface area (Å²) < 4.78 is 6.26. The van der Waals surface area contributed by atoms with E-state index in [2.05, 4.69) is 31.2 Å². The van der Waals surface area contributed by atoms with Crippen molar-refractivity contribution in [3.8, 4) is 5.88 Å². The zero-order valence-electron chi connectivity index (χ0n) is 13.0. The van der Waals surface area contributed by atoms with Crippen molar-refractivity contribution in [3.05, 3.63) is 50.7 Å². The van der Waals surface area contributed by atoms with Gasteiger partial charge in [0.25, 0.3) is 0 Å². The molecular weight excluding hydrogens is 364 g/mol. The molecule has 0 spiro atoms. The Balaban J connectivity index is 2.13. The lowest BCUT2D eigenvalue weighted by Crippen LogP contribution is -2.23. The molecule has 2 aromatic heterocycles. The molecule has 7 nitrogen and oxygen atoms in total. The minimum atomic E-state index is -0.471. The molecule has 0 saturated carbocycles. The van der Waals surface area contributed by atoms with Gasteiger partial charge in [-0.05, 0) is 48.3 Å². The normalized spacial score (nSPS) is 11.1. The molecule has 0 amide bonds. The first-order valence-corrected chi connectivity index (χ1v) is 7.72. The number of rotatable bonds is 5. The topological polar surface area (TPSA) is 90.2 Å². The van der Waals surface area contributed by atoms with E-state index in [1.165, 1.54) is 12.3 Å². The van der Waals surface area contributed by atoms with Gasteiger partial charge in [-0.15, -0.1) is 0 Å². The Morgan fingerprint density at radius 1 is 1.35 bits per heavy atom. The van der Waals surface area contributed by atoms with Crippen molar-refractivity contribution in [1.29, 1.82) is 0 Å². The average Bonchev–Trinajstić information content (AvgIpc) is 2.44. The monoisotopic (exact) mass is 380 g/mol. The van der Waals surface area contributed by atoms with Gasteiger partial charge in [0.1, 0.15) is 5.60 Å². The number of nitro groups is 1. The first kappa shape index (κ1) is 17.1. The SMILES string of the molecule is CC(C)(C)Oc1cc(CNc2ncc(Br)cc2[N+](=O)[O-])ccn1. The van der Waals surface area contributed by atoms with E-state index in [0.717, 1.165) is 5.56 Å². The summed E-state index contributed by atoms with van der Waals surface area (Å²) in [4.78, 5) is 18.8. The van der Waals surface area contributed by atoms with E-state index in [1.807, 2.05) is 26.8 Å². The number of aromatic nitrogens is 2. The zero-order valence-corrected chi connectivity index (χ0v) is 14.6. The fraction of sp³-hybridized carbons (Fsp3) is 0.333. The van der Waals surface area contributed by atoms with Gasteiger partial charge in [0.15, 0.2) is 0 Å². The van der Waals surface area contributed by atoms with E-state index in [9.17, 15) is 10.1 Å². The summed E-state index contributed by atoms with van der Waals surface area (Å²) in [6.07, 6.45) is 3.15. The molecule has 0 aliphatic rings. The molecular formula is C15H17BrN4O3. The van der Waals surface area contributed by atoms with Crippen molar-refractivity contribution in [3.63, 3.8) is 0 Å². The number of halogens is 1. The minimum absolute atomic E-state index is 0.0837. The third kappa shape index (κ3) is 5.17. The van der Waals surface area contributed by atoms with Gasteiger partial charge < -0.3 is 10.1 Å². The number of hydrogen-bond acceptors (Lipinski definition) is 6. The molecule has 122 valence electrons. The van der Waals surface area contributed by atoms with E-state index in [4.69, 9.17) is 4.74 Å². The molecule has 0 unspecified atom stereocenters. The van der Waals surface area contributed by atoms with E-state index < -0.39 is 4.92 Å². The standard InChI is InChI=1S/C15H17BrN4O3/c1-15(2,3)23-13-6-10(4-5-17-13)8-18-14-12(20(21)22)7-11(16)9-19-14/h4-7,9H,8H2,1-3H3,(H,18,19). The number of anilines is 1. The molecule has 8 heteroatoms. The third-order valence-corrected chi connectivity index (χ3v) is 3.13. The van der Waals surface area contributed by atoms with Crippen LogP contribution in [0.25, 0.3) is 0 Å². The molecule has 0 aromatic carbocycles. The summed E-state index contributed by atoms with van der Waals surface area (Å²) in [6.45, 7) is 6.19. The Morgan fingerprint density at radius 2 is 2.09 bits per heavy atom. The van der Waals surface area contributed by atoms with E-state index in [1.54, 1.807) is 12.3 Å². The maximum atomic E-state index is 11.1. The van der Waals surface area contributed by atoms with Gasteiger partial charge in [-0.1, -0.05) is 0 Å². The Bertz CT molecular complexity index is 716. The van der Waals surface area contributed by atoms with Gasteiger partial charge in [0, 0.05) is 35.5 Å². The highest BCUT2D eigenvalue weighted by atomic mass is 79.9. The highest BCUT2D eigenvalue weighted by molar-refractivity contribution is 9.10. The first-order chi connectivity index (χ1) is 10.7. The van der Waals surface area contributed by atoms with Crippen molar-refractivity contribution in [2.24, 2.45) is 0 Å². The van der Waals surface area contributed by atoms with E-state index in [-0.39, 0.29) is 17.1 Å². The fourth-order valence-corrected chi connectivity index (χ4v) is 2.14. The van der Waals surface area contributed by atoms with Gasteiger partial charge in [-0.2, -0.15) is 0 Å². The number of ether oxygens (including phenoxy) is 1. The second kappa shape index (κ2) is 6.91. The molecule has 2 aromatic rings. The third-order valence-electron chi connectivity index (χ3n) is 2.70. The second-order valence-electron chi connectivity index (χ2n) is 5.85. The molecule has 0 aliphatic carbocycles. The molecule has 0 atom stereocenters. The van der Waals surface area contributed by atoms with Crippen LogP contribution in [-0.4, -0.2) is 20.5 Å². The molecule has 2 rings (SSSR count). The minimum Gasteiger partial charge on any atom is -0.472 e. The fourth-order valence-electron chi connectivity index (χ4n) is 1.82. The maximum absolute atomic E-state index is 11.1. The number of pyridine rings is 2. The predicted molar refractivity (Wildman–Crippen MR) is 90.5 cm³/mol. The molecule has 23 heavy (non-hydrogen) atoms. The molecule has 1 N–H and O–H groups in total. The van der Waals surface area contributed by atoms with Crippen molar-refractivity contribution in [2.45, 2.75) is 32.9 Å². The maximum Gasteiger partial charge on any atom is 0.312 e. The van der Waals surface area contributed by atoms with Gasteiger partial charge in [-0.25, -0.2) is 9.97 Å². The predicted octanol–water partition coefficient (Wildman–Crippen LogP) is 3.94. The van der Waals surface area contributed by atoms with Crippen LogP contribution in [0, 0.1) is 10.1 Å². The van der Waals surface area contributed by atoms with Crippen LogP contribution in [-0.2, 0) is 6.54 Å². The van der Waals surface area contributed by atoms with Crippen molar-refractivity contribution in [2.75, 3.05) is 5.32 Å². The molecule has 0 radical (unpaired) electrons. The molecule has 0 fully saturated rings. The first-order valence-electron chi connectivity index (χ1n) is 6.92. The number of nitrogens with zero attached hydrogens (tertiary/aromatic N) is 3. The summed E-state index contributed by atoms with van der Waals surface area (Å²) in [5.74, 6) is 0.725. The lowest BCUT2D eigenvalue weighted by atomic mass is 10.2. The Morgan fingerprint density at radius 3 is 2.74 bits per heavy atom. The Kier molecular flexibility index (Phi) is 5.15. The molecule has 2 heterocycles. The second-order valence-corrected chi connectivity index (χ2v) is 6.76. The highest BCUT2D eigenvalue weighted by Crippen LogP contribution is 2.26. The summed E-state index contributed by atoms with van der Waals surface area (Å²) in [5.41, 5.74) is 0.461. The van der Waals surface area contributed by atoms with Crippen molar-refractivity contribution in [1.82, 2.24) is 9.97 Å². The highest BCUT2D eigenvalue weighted by Gasteiger charge is 2.16.